The van der Waals surface area contributed by atoms with Gasteiger partial charge in [-0.15, -0.1) is 11.3 Å². The van der Waals surface area contributed by atoms with E-state index in [1.807, 2.05) is 11.4 Å². The average Bonchev–Trinajstić information content (AvgIpc) is 2.60. The van der Waals surface area contributed by atoms with Gasteiger partial charge in [-0.2, -0.15) is 0 Å². The van der Waals surface area contributed by atoms with Crippen LogP contribution in [-0.4, -0.2) is 17.2 Å². The summed E-state index contributed by atoms with van der Waals surface area (Å²) in [5.74, 6) is -0.918. The number of ether oxygens (including phenoxy) is 1. The number of carboxylic acids is 1. The molecule has 1 aromatic heterocycles. The fourth-order valence-electron chi connectivity index (χ4n) is 1.47. The van der Waals surface area contributed by atoms with Crippen LogP contribution in [0.4, 0.5) is 0 Å². The Balaban J connectivity index is 1.83. The van der Waals surface area contributed by atoms with Gasteiger partial charge in [-0.1, -0.05) is 0 Å². The average molecular weight is 238 g/mol. The molecule has 0 atom stereocenters. The van der Waals surface area contributed by atoms with Crippen LogP contribution in [0.15, 0.2) is 17.5 Å². The van der Waals surface area contributed by atoms with Crippen LogP contribution >= 0.6 is 11.3 Å². The van der Waals surface area contributed by atoms with E-state index in [1.165, 1.54) is 19.3 Å². The Labute approximate surface area is 98.4 Å². The predicted octanol–water partition coefficient (Wildman–Crippen LogP) is 2.92. The Morgan fingerprint density at radius 1 is 1.62 bits per heavy atom. The topological polar surface area (TPSA) is 46.5 Å². The molecular formula is C12H14O3S. The fourth-order valence-corrected chi connectivity index (χ4v) is 2.24. The molecule has 0 unspecified atom stereocenters. The third kappa shape index (κ3) is 3.18. The van der Waals surface area contributed by atoms with Crippen molar-refractivity contribution in [2.24, 2.45) is 0 Å². The van der Waals surface area contributed by atoms with E-state index in [1.54, 1.807) is 17.4 Å². The third-order valence-electron chi connectivity index (χ3n) is 2.61. The Hall–Kier alpha value is -1.13. The standard InChI is InChI=1S/C12H14O3S/c13-12(14)5-4-9-6-11(16-8-9)7-15-10-2-1-3-10/h4-6,8,10H,1-3,7H2,(H,13,14). The van der Waals surface area contributed by atoms with Gasteiger partial charge in [0.05, 0.1) is 12.7 Å². The van der Waals surface area contributed by atoms with Crippen molar-refractivity contribution in [1.82, 2.24) is 0 Å². The van der Waals surface area contributed by atoms with Gasteiger partial charge in [-0.05, 0) is 42.3 Å². The van der Waals surface area contributed by atoms with Crippen molar-refractivity contribution in [2.75, 3.05) is 0 Å². The third-order valence-corrected chi connectivity index (χ3v) is 3.53. The molecule has 1 N–H and O–H groups in total. The summed E-state index contributed by atoms with van der Waals surface area (Å²) in [5, 5.41) is 10.4. The molecule has 16 heavy (non-hydrogen) atoms. The molecule has 0 aromatic carbocycles. The zero-order chi connectivity index (χ0) is 11.4. The number of hydrogen-bond donors (Lipinski definition) is 1. The maximum Gasteiger partial charge on any atom is 0.328 e. The first-order valence-corrected chi connectivity index (χ1v) is 6.22. The molecule has 0 radical (unpaired) electrons. The van der Waals surface area contributed by atoms with Crippen LogP contribution in [0, 0.1) is 0 Å². The normalized spacial score (nSPS) is 16.5. The fraction of sp³-hybridized carbons (Fsp3) is 0.417. The van der Waals surface area contributed by atoms with E-state index in [4.69, 9.17) is 9.84 Å². The van der Waals surface area contributed by atoms with Gasteiger partial charge < -0.3 is 9.84 Å². The number of rotatable bonds is 5. The van der Waals surface area contributed by atoms with Crippen LogP contribution in [0.25, 0.3) is 6.08 Å². The molecule has 1 fully saturated rings. The molecule has 1 saturated carbocycles. The van der Waals surface area contributed by atoms with E-state index in [0.29, 0.717) is 12.7 Å². The highest BCUT2D eigenvalue weighted by Crippen LogP contribution is 2.24. The molecule has 3 nitrogen and oxygen atoms in total. The SMILES string of the molecule is O=C(O)C=Cc1csc(COC2CCC2)c1. The summed E-state index contributed by atoms with van der Waals surface area (Å²) in [6.45, 7) is 0.649. The molecule has 1 heterocycles. The molecule has 1 aliphatic carbocycles. The lowest BCUT2D eigenvalue weighted by Gasteiger charge is -2.25. The van der Waals surface area contributed by atoms with Crippen molar-refractivity contribution in [1.29, 1.82) is 0 Å². The summed E-state index contributed by atoms with van der Waals surface area (Å²) in [6, 6.07) is 1.97. The van der Waals surface area contributed by atoms with E-state index < -0.39 is 5.97 Å². The molecule has 0 bridgehead atoms. The summed E-state index contributed by atoms with van der Waals surface area (Å²) in [7, 11) is 0. The minimum Gasteiger partial charge on any atom is -0.478 e. The number of aliphatic carboxylic acids is 1. The molecule has 0 aliphatic heterocycles. The highest BCUT2D eigenvalue weighted by Gasteiger charge is 2.17. The van der Waals surface area contributed by atoms with Crippen LogP contribution in [0.1, 0.15) is 29.7 Å². The largest absolute Gasteiger partial charge is 0.478 e. The molecule has 1 aromatic rings. The first-order chi connectivity index (χ1) is 7.74. The molecule has 0 spiro atoms. The quantitative estimate of drug-likeness (QED) is 0.802. The number of carboxylic acid groups (broad SMARTS) is 1. The highest BCUT2D eigenvalue weighted by molar-refractivity contribution is 7.10. The summed E-state index contributed by atoms with van der Waals surface area (Å²) in [6.07, 6.45) is 6.83. The lowest BCUT2D eigenvalue weighted by Crippen LogP contribution is -2.20. The Kier molecular flexibility index (Phi) is 3.74. The Bertz CT molecular complexity index is 391. The molecular weight excluding hydrogens is 224 g/mol. The maximum atomic E-state index is 10.3. The van der Waals surface area contributed by atoms with Gasteiger partial charge in [0, 0.05) is 11.0 Å². The maximum absolute atomic E-state index is 10.3. The highest BCUT2D eigenvalue weighted by atomic mass is 32.1. The number of thiophene rings is 1. The zero-order valence-electron chi connectivity index (χ0n) is 8.89. The van der Waals surface area contributed by atoms with Crippen molar-refractivity contribution in [3.05, 3.63) is 28.0 Å². The number of hydrogen-bond acceptors (Lipinski definition) is 3. The minimum absolute atomic E-state index is 0.445. The van der Waals surface area contributed by atoms with E-state index in [0.717, 1.165) is 16.5 Å². The van der Waals surface area contributed by atoms with Crippen molar-refractivity contribution in [3.63, 3.8) is 0 Å². The molecule has 0 saturated heterocycles. The van der Waals surface area contributed by atoms with Gasteiger partial charge in [0.1, 0.15) is 0 Å². The second kappa shape index (κ2) is 5.27. The smallest absolute Gasteiger partial charge is 0.328 e. The van der Waals surface area contributed by atoms with E-state index >= 15 is 0 Å². The van der Waals surface area contributed by atoms with E-state index in [2.05, 4.69) is 0 Å². The van der Waals surface area contributed by atoms with Crippen LogP contribution in [-0.2, 0) is 16.1 Å². The van der Waals surface area contributed by atoms with Gasteiger partial charge >= 0.3 is 5.97 Å². The van der Waals surface area contributed by atoms with Crippen LogP contribution in [0.3, 0.4) is 0 Å². The van der Waals surface area contributed by atoms with Crippen LogP contribution in [0.2, 0.25) is 0 Å². The molecule has 4 heteroatoms. The monoisotopic (exact) mass is 238 g/mol. The Morgan fingerprint density at radius 2 is 2.44 bits per heavy atom. The molecule has 0 amide bonds. The lowest BCUT2D eigenvalue weighted by atomic mass is 9.96. The minimum atomic E-state index is -0.918. The van der Waals surface area contributed by atoms with E-state index in [-0.39, 0.29) is 0 Å². The van der Waals surface area contributed by atoms with Crippen molar-refractivity contribution >= 4 is 23.4 Å². The summed E-state index contributed by atoms with van der Waals surface area (Å²) >= 11 is 1.61. The summed E-state index contributed by atoms with van der Waals surface area (Å²) in [4.78, 5) is 11.5. The van der Waals surface area contributed by atoms with Crippen LogP contribution < -0.4 is 0 Å². The molecule has 1 aliphatic rings. The van der Waals surface area contributed by atoms with Crippen molar-refractivity contribution in [2.45, 2.75) is 32.0 Å². The van der Waals surface area contributed by atoms with Gasteiger partial charge in [0.25, 0.3) is 0 Å². The first kappa shape index (κ1) is 11.4. The predicted molar refractivity (Wildman–Crippen MR) is 63.4 cm³/mol. The van der Waals surface area contributed by atoms with Crippen molar-refractivity contribution in [3.8, 4) is 0 Å². The van der Waals surface area contributed by atoms with Crippen LogP contribution in [0.5, 0.6) is 0 Å². The van der Waals surface area contributed by atoms with E-state index in [9.17, 15) is 4.79 Å². The first-order valence-electron chi connectivity index (χ1n) is 5.34. The summed E-state index contributed by atoms with van der Waals surface area (Å²) in [5.41, 5.74) is 0.930. The van der Waals surface area contributed by atoms with Gasteiger partial charge in [0.2, 0.25) is 0 Å². The Morgan fingerprint density at radius 3 is 3.06 bits per heavy atom. The van der Waals surface area contributed by atoms with Gasteiger partial charge in [-0.3, -0.25) is 0 Å². The summed E-state index contributed by atoms with van der Waals surface area (Å²) < 4.78 is 5.67. The number of carbonyl (C=O) groups is 1. The zero-order valence-corrected chi connectivity index (χ0v) is 9.70. The lowest BCUT2D eigenvalue weighted by molar-refractivity contribution is -0.131. The van der Waals surface area contributed by atoms with Gasteiger partial charge in [-0.25, -0.2) is 4.79 Å². The second-order valence-electron chi connectivity index (χ2n) is 3.88. The second-order valence-corrected chi connectivity index (χ2v) is 4.88. The van der Waals surface area contributed by atoms with Gasteiger partial charge in [0.15, 0.2) is 0 Å². The molecule has 86 valence electrons. The van der Waals surface area contributed by atoms with Crippen molar-refractivity contribution < 1.29 is 14.6 Å². The molecule has 2 rings (SSSR count).